The van der Waals surface area contributed by atoms with Crippen LogP contribution >= 0.6 is 7.82 Å². The minimum absolute atomic E-state index is 0.243. The zero-order valence-electron chi connectivity index (χ0n) is 15.1. The fourth-order valence-corrected chi connectivity index (χ4v) is 2.45. The van der Waals surface area contributed by atoms with Crippen LogP contribution in [0, 0.1) is 0 Å². The lowest BCUT2D eigenvalue weighted by atomic mass is 10.1. The second-order valence-electron chi connectivity index (χ2n) is 5.71. The molecule has 0 spiro atoms. The van der Waals surface area contributed by atoms with Gasteiger partial charge in [0.15, 0.2) is 0 Å². The van der Waals surface area contributed by atoms with E-state index in [0.717, 1.165) is 12.8 Å². The van der Waals surface area contributed by atoms with Crippen LogP contribution in [0.15, 0.2) is 0 Å². The second-order valence-corrected chi connectivity index (χ2v) is 6.95. The smallest absolute Gasteiger partial charge is 0.303 e. The number of hydrogen-bond acceptors (Lipinski definition) is 7. The summed E-state index contributed by atoms with van der Waals surface area (Å²) in [4.78, 5) is 25.8. The summed E-state index contributed by atoms with van der Waals surface area (Å²) in [5.74, 6) is 0. The Bertz CT molecular complexity index is 311. The largest absolute Gasteiger partial charge is 0.469 e. The third-order valence-electron chi connectivity index (χ3n) is 3.41. The third-order valence-corrected chi connectivity index (χ3v) is 3.93. The van der Waals surface area contributed by atoms with Crippen molar-refractivity contribution in [1.29, 1.82) is 0 Å². The molecular weight excluding hydrogens is 355 g/mol. The molecule has 0 heterocycles. The molecule has 0 aliphatic heterocycles. The first-order valence-electron chi connectivity index (χ1n) is 9.00. The fraction of sp³-hybridized carbons (Fsp3) is 1.00. The molecule has 0 bridgehead atoms. The zero-order chi connectivity index (χ0) is 18.6. The van der Waals surface area contributed by atoms with Crippen molar-refractivity contribution >= 4 is 7.82 Å². The van der Waals surface area contributed by atoms with Crippen LogP contribution in [0.1, 0.15) is 77.6 Å². The predicted molar refractivity (Wildman–Crippen MR) is 89.6 cm³/mol. The molecule has 0 atom stereocenters. The van der Waals surface area contributed by atoms with Crippen LogP contribution in [-0.2, 0) is 34.0 Å². The first-order chi connectivity index (χ1) is 12.1. The average Bonchev–Trinajstić information content (AvgIpc) is 2.56. The van der Waals surface area contributed by atoms with Crippen LogP contribution in [0.5, 0.6) is 0 Å². The maximum absolute atomic E-state index is 10.3. The molecule has 0 radical (unpaired) electrons. The lowest BCUT2D eigenvalue weighted by Gasteiger charge is -2.04. The third kappa shape index (κ3) is 23.9. The molecule has 25 heavy (non-hydrogen) atoms. The molecule has 0 unspecified atom stereocenters. The van der Waals surface area contributed by atoms with E-state index in [0.29, 0.717) is 6.61 Å². The highest BCUT2D eigenvalue weighted by atomic mass is 31.2. The van der Waals surface area contributed by atoms with E-state index >= 15 is 0 Å². The Hall–Kier alpha value is -0.0900. The van der Waals surface area contributed by atoms with Gasteiger partial charge in [0.1, 0.15) is 6.61 Å². The summed E-state index contributed by atoms with van der Waals surface area (Å²) in [7, 11) is -4.49. The van der Waals surface area contributed by atoms with Gasteiger partial charge in [0.05, 0.1) is 13.2 Å². The summed E-state index contributed by atoms with van der Waals surface area (Å²) in [6.07, 6.45) is 13.7. The minimum atomic E-state index is -4.49. The molecule has 0 saturated carbocycles. The predicted octanol–water partition coefficient (Wildman–Crippen LogP) is 4.15. The van der Waals surface area contributed by atoms with Crippen molar-refractivity contribution in [3.8, 4) is 0 Å². The van der Waals surface area contributed by atoms with Crippen molar-refractivity contribution in [3.05, 3.63) is 0 Å². The highest BCUT2D eigenvalue weighted by Crippen LogP contribution is 2.35. The maximum atomic E-state index is 10.3. The SMILES string of the molecule is CCCCCCCCCCCCCOOOOOCCOP(=O)(O)O. The summed E-state index contributed by atoms with van der Waals surface area (Å²) in [5.41, 5.74) is 0. The van der Waals surface area contributed by atoms with Crippen LogP contribution in [0.25, 0.3) is 0 Å². The number of phosphoric ester groups is 1. The van der Waals surface area contributed by atoms with Crippen molar-refractivity contribution in [2.75, 3.05) is 19.8 Å². The van der Waals surface area contributed by atoms with Crippen molar-refractivity contribution in [3.63, 3.8) is 0 Å². The van der Waals surface area contributed by atoms with Gasteiger partial charge in [-0.1, -0.05) is 71.1 Å². The van der Waals surface area contributed by atoms with Gasteiger partial charge >= 0.3 is 7.82 Å². The lowest BCUT2D eigenvalue weighted by molar-refractivity contribution is -0.708. The van der Waals surface area contributed by atoms with E-state index in [1.807, 2.05) is 0 Å². The molecule has 0 aromatic carbocycles. The summed E-state index contributed by atoms with van der Waals surface area (Å²) < 4.78 is 14.4. The van der Waals surface area contributed by atoms with Gasteiger partial charge in [-0.25, -0.2) is 14.3 Å². The molecule has 0 amide bonds. The molecule has 0 aromatic rings. The van der Waals surface area contributed by atoms with E-state index in [1.54, 1.807) is 0 Å². The number of phosphoric acid groups is 1. The van der Waals surface area contributed by atoms with Gasteiger partial charge in [0, 0.05) is 0 Å². The maximum Gasteiger partial charge on any atom is 0.469 e. The molecule has 0 rings (SSSR count). The van der Waals surface area contributed by atoms with Gasteiger partial charge in [-0.15, -0.1) is 0 Å². The first-order valence-corrected chi connectivity index (χ1v) is 10.5. The zero-order valence-corrected chi connectivity index (χ0v) is 16.0. The van der Waals surface area contributed by atoms with Crippen LogP contribution in [0.2, 0.25) is 0 Å². The van der Waals surface area contributed by atoms with Crippen LogP contribution in [0.4, 0.5) is 0 Å². The number of unbranched alkanes of at least 4 members (excludes halogenated alkanes) is 10. The minimum Gasteiger partial charge on any atom is -0.303 e. The van der Waals surface area contributed by atoms with E-state index in [9.17, 15) is 4.57 Å². The summed E-state index contributed by atoms with van der Waals surface area (Å²) in [5, 5.41) is 12.4. The molecule has 0 aliphatic rings. The topological polar surface area (TPSA) is 113 Å². The van der Waals surface area contributed by atoms with Gasteiger partial charge < -0.3 is 9.79 Å². The van der Waals surface area contributed by atoms with Crippen molar-refractivity contribution in [1.82, 2.24) is 0 Å². The monoisotopic (exact) mass is 388 g/mol. The van der Waals surface area contributed by atoms with Crippen LogP contribution in [0.3, 0.4) is 0 Å². The van der Waals surface area contributed by atoms with Gasteiger partial charge in [-0.2, -0.15) is 0 Å². The van der Waals surface area contributed by atoms with Crippen LogP contribution in [-0.4, -0.2) is 29.6 Å². The summed E-state index contributed by atoms with van der Waals surface area (Å²) in [6, 6.07) is 0. The Morgan fingerprint density at radius 1 is 0.640 bits per heavy atom. The number of rotatable bonds is 20. The fourth-order valence-electron chi connectivity index (χ4n) is 2.13. The van der Waals surface area contributed by atoms with Gasteiger partial charge in [0.25, 0.3) is 0 Å². The van der Waals surface area contributed by atoms with E-state index in [4.69, 9.17) is 14.7 Å². The second kappa shape index (κ2) is 18.7. The van der Waals surface area contributed by atoms with E-state index in [-0.39, 0.29) is 13.2 Å². The number of hydrogen-bond donors (Lipinski definition) is 2. The molecule has 152 valence electrons. The summed E-state index contributed by atoms with van der Waals surface area (Å²) in [6.45, 7) is 2.01. The van der Waals surface area contributed by atoms with Gasteiger partial charge in [-0.3, -0.25) is 4.52 Å². The summed E-state index contributed by atoms with van der Waals surface area (Å²) >= 11 is 0. The Balaban J connectivity index is 3.02. The molecule has 0 aliphatic carbocycles. The molecular formula is C15H33O9P. The molecule has 0 fully saturated rings. The Morgan fingerprint density at radius 3 is 1.64 bits per heavy atom. The van der Waals surface area contributed by atoms with Crippen molar-refractivity contribution in [2.24, 2.45) is 0 Å². The van der Waals surface area contributed by atoms with Gasteiger partial charge in [-0.05, 0) is 21.5 Å². The molecule has 10 heteroatoms. The molecule has 9 nitrogen and oxygen atoms in total. The Morgan fingerprint density at radius 2 is 1.12 bits per heavy atom. The van der Waals surface area contributed by atoms with Gasteiger partial charge in [0.2, 0.25) is 0 Å². The van der Waals surface area contributed by atoms with E-state index < -0.39 is 7.82 Å². The van der Waals surface area contributed by atoms with E-state index in [1.165, 1.54) is 57.8 Å². The highest BCUT2D eigenvalue weighted by Gasteiger charge is 2.12. The average molecular weight is 388 g/mol. The van der Waals surface area contributed by atoms with Crippen molar-refractivity contribution in [2.45, 2.75) is 77.6 Å². The Kier molecular flexibility index (Phi) is 18.6. The Labute approximate surface area is 149 Å². The highest BCUT2D eigenvalue weighted by molar-refractivity contribution is 7.46. The first kappa shape index (κ1) is 24.9. The normalized spacial score (nSPS) is 12.0. The molecule has 0 saturated heterocycles. The quantitative estimate of drug-likeness (QED) is 0.137. The standard InChI is InChI=1S/C15H33O9P/c1-2-3-4-5-6-7-8-9-10-11-12-13-19-22-24-23-20-14-15-21-25(16,17)18/h2-15H2,1H3,(H2,16,17,18). The van der Waals surface area contributed by atoms with E-state index in [2.05, 4.69) is 31.4 Å². The molecule has 0 aromatic heterocycles. The van der Waals surface area contributed by atoms with Crippen molar-refractivity contribution < 1.29 is 43.8 Å². The van der Waals surface area contributed by atoms with Crippen LogP contribution < -0.4 is 0 Å². The molecule has 2 N–H and O–H groups in total. The lowest BCUT2D eigenvalue weighted by Crippen LogP contribution is -2.05.